The van der Waals surface area contributed by atoms with Crippen LogP contribution in [0.5, 0.6) is 0 Å². The first-order chi connectivity index (χ1) is 10.6. The number of hydrogen-bond acceptors (Lipinski definition) is 3. The van der Waals surface area contributed by atoms with Crippen molar-refractivity contribution in [1.82, 2.24) is 14.3 Å². The van der Waals surface area contributed by atoms with E-state index >= 15 is 0 Å². The maximum atomic E-state index is 12.4. The lowest BCUT2D eigenvalue weighted by atomic mass is 9.85. The van der Waals surface area contributed by atoms with Crippen LogP contribution >= 0.6 is 11.6 Å². The average Bonchev–Trinajstić information content (AvgIpc) is 3.02. The van der Waals surface area contributed by atoms with Crippen molar-refractivity contribution in [1.29, 1.82) is 0 Å². The second kappa shape index (κ2) is 4.95. The van der Waals surface area contributed by atoms with Crippen LogP contribution in [0, 0.1) is 11.8 Å². The van der Waals surface area contributed by atoms with Crippen molar-refractivity contribution in [2.75, 3.05) is 0 Å². The summed E-state index contributed by atoms with van der Waals surface area (Å²) in [7, 11) is 0. The van der Waals surface area contributed by atoms with Crippen molar-refractivity contribution in [3.05, 3.63) is 47.4 Å². The molecule has 112 valence electrons. The minimum Gasteiger partial charge on any atom is -0.305 e. The predicted octanol–water partition coefficient (Wildman–Crippen LogP) is 2.44. The van der Waals surface area contributed by atoms with E-state index in [-0.39, 0.29) is 30.2 Å². The van der Waals surface area contributed by atoms with Gasteiger partial charge in [-0.2, -0.15) is 0 Å². The predicted molar refractivity (Wildman–Crippen MR) is 81.1 cm³/mol. The smallest absolute Gasteiger partial charge is 0.233 e. The molecule has 1 aliphatic carbocycles. The second-order valence-electron chi connectivity index (χ2n) is 5.76. The number of fused-ring (bicyclic) bond motifs is 2. The van der Waals surface area contributed by atoms with Gasteiger partial charge in [-0.15, -0.1) is 0 Å². The molecule has 0 unspecified atom stereocenters. The molecule has 0 N–H and O–H groups in total. The van der Waals surface area contributed by atoms with Gasteiger partial charge >= 0.3 is 0 Å². The Labute approximate surface area is 132 Å². The summed E-state index contributed by atoms with van der Waals surface area (Å²) in [6, 6.07) is 3.57. The van der Waals surface area contributed by atoms with Gasteiger partial charge in [-0.05, 0) is 25.0 Å². The fraction of sp³-hybridized carbons (Fsp3) is 0.312. The lowest BCUT2D eigenvalue weighted by Crippen LogP contribution is -2.30. The molecule has 2 amide bonds. The van der Waals surface area contributed by atoms with E-state index in [1.165, 1.54) is 4.90 Å². The fourth-order valence-corrected chi connectivity index (χ4v) is 3.45. The van der Waals surface area contributed by atoms with Gasteiger partial charge in [0, 0.05) is 12.4 Å². The first-order valence-electron chi connectivity index (χ1n) is 7.27. The highest BCUT2D eigenvalue weighted by Gasteiger charge is 2.47. The largest absolute Gasteiger partial charge is 0.305 e. The Kier molecular flexibility index (Phi) is 3.04. The number of pyridine rings is 1. The van der Waals surface area contributed by atoms with Crippen molar-refractivity contribution in [2.45, 2.75) is 19.4 Å². The number of carbonyl (C=O) groups excluding carboxylic acids is 2. The third kappa shape index (κ3) is 2.04. The molecule has 3 heterocycles. The van der Waals surface area contributed by atoms with E-state index in [9.17, 15) is 9.59 Å². The summed E-state index contributed by atoms with van der Waals surface area (Å²) in [5, 5.41) is 0.613. The van der Waals surface area contributed by atoms with Gasteiger partial charge in [0.25, 0.3) is 0 Å². The van der Waals surface area contributed by atoms with Crippen LogP contribution in [0.3, 0.4) is 0 Å². The third-order valence-corrected chi connectivity index (χ3v) is 4.61. The van der Waals surface area contributed by atoms with Gasteiger partial charge in [0.2, 0.25) is 11.8 Å². The van der Waals surface area contributed by atoms with Crippen molar-refractivity contribution < 1.29 is 9.59 Å². The zero-order chi connectivity index (χ0) is 15.3. The molecule has 0 bridgehead atoms. The molecular formula is C16H14ClN3O2. The quantitative estimate of drug-likeness (QED) is 0.632. The average molecular weight is 316 g/mol. The topological polar surface area (TPSA) is 54.7 Å². The monoisotopic (exact) mass is 315 g/mol. The number of amides is 2. The maximum Gasteiger partial charge on any atom is 0.233 e. The highest BCUT2D eigenvalue weighted by Crippen LogP contribution is 2.35. The molecule has 6 heteroatoms. The van der Waals surface area contributed by atoms with Crippen LogP contribution in [-0.4, -0.2) is 26.1 Å². The Hall–Kier alpha value is -2.14. The maximum absolute atomic E-state index is 12.4. The SMILES string of the molecule is O=C1[C@H]2CC=CC[C@H]2C(=O)N1Cc1cn2cc(Cl)ccc2n1. The van der Waals surface area contributed by atoms with Crippen LogP contribution in [0.2, 0.25) is 5.02 Å². The molecule has 1 saturated heterocycles. The Morgan fingerprint density at radius 3 is 2.45 bits per heavy atom. The lowest BCUT2D eigenvalue weighted by molar-refractivity contribution is -0.140. The Morgan fingerprint density at radius 1 is 1.09 bits per heavy atom. The van der Waals surface area contributed by atoms with Crippen LogP contribution < -0.4 is 0 Å². The summed E-state index contributed by atoms with van der Waals surface area (Å²) in [6.45, 7) is 0.226. The van der Waals surface area contributed by atoms with E-state index in [0.29, 0.717) is 23.6 Å². The number of rotatable bonds is 2. The summed E-state index contributed by atoms with van der Waals surface area (Å²) < 4.78 is 1.80. The van der Waals surface area contributed by atoms with Crippen molar-refractivity contribution >= 4 is 29.1 Å². The van der Waals surface area contributed by atoms with Gasteiger partial charge in [-0.3, -0.25) is 14.5 Å². The Balaban J connectivity index is 1.62. The number of hydrogen-bond donors (Lipinski definition) is 0. The van der Waals surface area contributed by atoms with E-state index < -0.39 is 0 Å². The molecule has 0 radical (unpaired) electrons. The van der Waals surface area contributed by atoms with E-state index in [0.717, 1.165) is 5.65 Å². The number of likely N-dealkylation sites (tertiary alicyclic amines) is 1. The van der Waals surface area contributed by atoms with Gasteiger partial charge in [0.1, 0.15) is 5.65 Å². The molecular weight excluding hydrogens is 302 g/mol. The fourth-order valence-electron chi connectivity index (χ4n) is 3.28. The van der Waals surface area contributed by atoms with Gasteiger partial charge in [-0.25, -0.2) is 4.98 Å². The normalized spacial score (nSPS) is 24.3. The zero-order valence-corrected chi connectivity index (χ0v) is 12.5. The summed E-state index contributed by atoms with van der Waals surface area (Å²) in [6.07, 6.45) is 8.86. The number of aromatic nitrogens is 2. The summed E-state index contributed by atoms with van der Waals surface area (Å²) in [5.41, 5.74) is 1.44. The van der Waals surface area contributed by atoms with Gasteiger partial charge in [-0.1, -0.05) is 23.8 Å². The van der Waals surface area contributed by atoms with Crippen molar-refractivity contribution in [3.63, 3.8) is 0 Å². The molecule has 22 heavy (non-hydrogen) atoms. The van der Waals surface area contributed by atoms with Crippen LogP contribution in [0.25, 0.3) is 5.65 Å². The zero-order valence-electron chi connectivity index (χ0n) is 11.8. The highest BCUT2D eigenvalue weighted by molar-refractivity contribution is 6.30. The summed E-state index contributed by atoms with van der Waals surface area (Å²) in [5.74, 6) is -0.531. The van der Waals surface area contributed by atoms with Gasteiger partial charge < -0.3 is 4.40 Å². The summed E-state index contributed by atoms with van der Waals surface area (Å²) in [4.78, 5) is 30.7. The molecule has 1 aliphatic heterocycles. The Bertz CT molecular complexity index is 785. The van der Waals surface area contributed by atoms with E-state index in [4.69, 9.17) is 11.6 Å². The third-order valence-electron chi connectivity index (χ3n) is 4.38. The Morgan fingerprint density at radius 2 is 1.77 bits per heavy atom. The number of imidazole rings is 1. The number of halogens is 1. The lowest BCUT2D eigenvalue weighted by Gasteiger charge is -2.14. The molecule has 2 aromatic rings. The molecule has 0 aromatic carbocycles. The highest BCUT2D eigenvalue weighted by atomic mass is 35.5. The molecule has 2 aliphatic rings. The minimum absolute atomic E-state index is 0.0746. The van der Waals surface area contributed by atoms with Crippen molar-refractivity contribution in [2.24, 2.45) is 11.8 Å². The standard InChI is InChI=1S/C16H14ClN3O2/c17-10-5-6-14-18-11(8-19(14)7-10)9-20-15(21)12-3-1-2-4-13(12)16(20)22/h1-2,5-8,12-13H,3-4,9H2/t12-,13+. The van der Waals surface area contributed by atoms with Gasteiger partial charge in [0.15, 0.2) is 0 Å². The van der Waals surface area contributed by atoms with Crippen LogP contribution in [0.15, 0.2) is 36.7 Å². The first kappa shape index (κ1) is 13.5. The number of imide groups is 1. The van der Waals surface area contributed by atoms with Crippen LogP contribution in [0.4, 0.5) is 0 Å². The van der Waals surface area contributed by atoms with E-state index in [1.807, 2.05) is 24.4 Å². The molecule has 0 spiro atoms. The van der Waals surface area contributed by atoms with E-state index in [2.05, 4.69) is 4.98 Å². The molecule has 0 saturated carbocycles. The van der Waals surface area contributed by atoms with Crippen LogP contribution in [-0.2, 0) is 16.1 Å². The molecule has 1 fully saturated rings. The number of carbonyl (C=O) groups is 2. The van der Waals surface area contributed by atoms with Gasteiger partial charge in [0.05, 0.1) is 29.1 Å². The molecule has 2 atom stereocenters. The number of allylic oxidation sites excluding steroid dienone is 2. The molecule has 5 nitrogen and oxygen atoms in total. The van der Waals surface area contributed by atoms with Crippen LogP contribution in [0.1, 0.15) is 18.5 Å². The molecule has 2 aromatic heterocycles. The summed E-state index contributed by atoms with van der Waals surface area (Å²) >= 11 is 5.95. The number of nitrogens with zero attached hydrogens (tertiary/aromatic N) is 3. The minimum atomic E-state index is -0.191. The van der Waals surface area contributed by atoms with E-state index in [1.54, 1.807) is 16.7 Å². The first-order valence-corrected chi connectivity index (χ1v) is 7.64. The second-order valence-corrected chi connectivity index (χ2v) is 6.20. The molecule has 4 rings (SSSR count). The van der Waals surface area contributed by atoms with Crippen molar-refractivity contribution in [3.8, 4) is 0 Å².